The Labute approximate surface area is 208 Å². The fraction of sp³-hybridized carbons (Fsp3) is 0.500. The van der Waals surface area contributed by atoms with Crippen LogP contribution in [0.1, 0.15) is 38.8 Å². The van der Waals surface area contributed by atoms with E-state index >= 15 is 0 Å². The summed E-state index contributed by atoms with van der Waals surface area (Å²) in [5.74, 6) is 0.163. The predicted molar refractivity (Wildman–Crippen MR) is 132 cm³/mol. The predicted octanol–water partition coefficient (Wildman–Crippen LogP) is 3.87. The zero-order valence-electron chi connectivity index (χ0n) is 20.5. The number of fused-ring (bicyclic) bond motifs is 1. The summed E-state index contributed by atoms with van der Waals surface area (Å²) in [5, 5.41) is 13.7. The molecule has 192 valence electrons. The van der Waals surface area contributed by atoms with E-state index in [1.807, 2.05) is 6.07 Å². The van der Waals surface area contributed by atoms with E-state index in [0.29, 0.717) is 62.4 Å². The Hall–Kier alpha value is -3.11. The van der Waals surface area contributed by atoms with Crippen molar-refractivity contribution in [1.29, 1.82) is 0 Å². The molecule has 2 aliphatic rings. The van der Waals surface area contributed by atoms with Crippen LogP contribution in [0.2, 0.25) is 0 Å². The Morgan fingerprint density at radius 2 is 1.94 bits per heavy atom. The van der Waals surface area contributed by atoms with Crippen LogP contribution in [0.25, 0.3) is 11.0 Å². The van der Waals surface area contributed by atoms with Crippen LogP contribution in [0.3, 0.4) is 0 Å². The highest BCUT2D eigenvalue weighted by molar-refractivity contribution is 5.80. The third kappa shape index (κ3) is 5.82. The van der Waals surface area contributed by atoms with Crippen LogP contribution >= 0.6 is 0 Å². The van der Waals surface area contributed by atoms with E-state index in [1.165, 1.54) is 12.1 Å². The topological polar surface area (TPSA) is 92.6 Å². The Morgan fingerprint density at radius 1 is 1.14 bits per heavy atom. The molecular weight excluding hydrogens is 468 g/mol. The third-order valence-corrected chi connectivity index (χ3v) is 6.40. The SMILES string of the molecule is CC(C)(O)Cc1cc2nc(NC3CCOC3)c(N3CCC(Oc4ccc(F)cc4F)CC3)nc2cn1. The van der Waals surface area contributed by atoms with Crippen molar-refractivity contribution < 1.29 is 23.4 Å². The number of ether oxygens (including phenoxy) is 2. The highest BCUT2D eigenvalue weighted by Gasteiger charge is 2.27. The smallest absolute Gasteiger partial charge is 0.172 e. The lowest BCUT2D eigenvalue weighted by Crippen LogP contribution is -2.39. The van der Waals surface area contributed by atoms with Crippen LogP contribution in [-0.4, -0.2) is 64.1 Å². The average Bonchev–Trinajstić information content (AvgIpc) is 3.33. The Kier molecular flexibility index (Phi) is 6.90. The number of aromatic nitrogens is 3. The van der Waals surface area contributed by atoms with E-state index in [4.69, 9.17) is 19.4 Å². The lowest BCUT2D eigenvalue weighted by Gasteiger charge is -2.34. The van der Waals surface area contributed by atoms with Gasteiger partial charge in [0.15, 0.2) is 23.2 Å². The number of rotatable bonds is 7. The van der Waals surface area contributed by atoms with Crippen LogP contribution in [0.4, 0.5) is 20.4 Å². The van der Waals surface area contributed by atoms with Gasteiger partial charge in [-0.1, -0.05) is 0 Å². The summed E-state index contributed by atoms with van der Waals surface area (Å²) < 4.78 is 38.6. The summed E-state index contributed by atoms with van der Waals surface area (Å²) in [7, 11) is 0. The van der Waals surface area contributed by atoms with Crippen molar-refractivity contribution in [3.8, 4) is 5.75 Å². The number of anilines is 2. The average molecular weight is 500 g/mol. The Balaban J connectivity index is 1.36. The first-order valence-electron chi connectivity index (χ1n) is 12.3. The van der Waals surface area contributed by atoms with Gasteiger partial charge in [0, 0.05) is 50.7 Å². The van der Waals surface area contributed by atoms with Crippen molar-refractivity contribution in [2.24, 2.45) is 0 Å². The third-order valence-electron chi connectivity index (χ3n) is 6.40. The van der Waals surface area contributed by atoms with Crippen LogP contribution < -0.4 is 15.0 Å². The maximum Gasteiger partial charge on any atom is 0.172 e. The second kappa shape index (κ2) is 10.1. The molecule has 5 rings (SSSR count). The van der Waals surface area contributed by atoms with Gasteiger partial charge in [-0.25, -0.2) is 18.7 Å². The molecule has 2 aromatic heterocycles. The van der Waals surface area contributed by atoms with Gasteiger partial charge < -0.3 is 24.8 Å². The van der Waals surface area contributed by atoms with Crippen LogP contribution in [0.15, 0.2) is 30.5 Å². The molecule has 4 heterocycles. The van der Waals surface area contributed by atoms with E-state index in [1.54, 1.807) is 20.0 Å². The number of hydrogen-bond acceptors (Lipinski definition) is 8. The molecule has 10 heteroatoms. The quantitative estimate of drug-likeness (QED) is 0.506. The Morgan fingerprint density at radius 3 is 2.64 bits per heavy atom. The van der Waals surface area contributed by atoms with Crippen LogP contribution in [0.5, 0.6) is 5.75 Å². The minimum Gasteiger partial charge on any atom is -0.487 e. The molecule has 1 aromatic carbocycles. The van der Waals surface area contributed by atoms with Crippen LogP contribution in [0, 0.1) is 11.6 Å². The number of nitrogens with one attached hydrogen (secondary N) is 1. The van der Waals surface area contributed by atoms with Crippen LogP contribution in [-0.2, 0) is 11.2 Å². The summed E-state index contributed by atoms with van der Waals surface area (Å²) in [6.45, 7) is 6.10. The van der Waals surface area contributed by atoms with E-state index in [9.17, 15) is 13.9 Å². The number of halogens is 2. The summed E-state index contributed by atoms with van der Waals surface area (Å²) >= 11 is 0. The van der Waals surface area contributed by atoms with Crippen molar-refractivity contribution in [3.05, 3.63) is 47.8 Å². The molecule has 0 saturated carbocycles. The molecule has 2 aliphatic heterocycles. The lowest BCUT2D eigenvalue weighted by molar-refractivity contribution is 0.0800. The van der Waals surface area contributed by atoms with Gasteiger partial charge in [0.25, 0.3) is 0 Å². The second-order valence-electron chi connectivity index (χ2n) is 10.1. The van der Waals surface area contributed by atoms with Gasteiger partial charge in [-0.05, 0) is 38.5 Å². The lowest BCUT2D eigenvalue weighted by atomic mass is 10.0. The zero-order chi connectivity index (χ0) is 25.3. The molecule has 2 fully saturated rings. The monoisotopic (exact) mass is 499 g/mol. The fourth-order valence-electron chi connectivity index (χ4n) is 4.63. The number of nitrogens with zero attached hydrogens (tertiary/aromatic N) is 4. The second-order valence-corrected chi connectivity index (χ2v) is 10.1. The number of aliphatic hydroxyl groups is 1. The molecular formula is C26H31F2N5O3. The first-order valence-corrected chi connectivity index (χ1v) is 12.3. The molecule has 0 bridgehead atoms. The maximum atomic E-state index is 14.0. The zero-order valence-corrected chi connectivity index (χ0v) is 20.5. The van der Waals surface area contributed by atoms with Gasteiger partial charge in [-0.2, -0.15) is 0 Å². The normalized spacial score (nSPS) is 19.1. The van der Waals surface area contributed by atoms with E-state index in [-0.39, 0.29) is 17.9 Å². The summed E-state index contributed by atoms with van der Waals surface area (Å²) in [6.07, 6.45) is 4.13. The molecule has 0 aliphatic carbocycles. The van der Waals surface area contributed by atoms with Crippen molar-refractivity contribution in [2.75, 3.05) is 36.5 Å². The Bertz CT molecular complexity index is 1220. The first-order chi connectivity index (χ1) is 17.2. The molecule has 1 unspecified atom stereocenters. The maximum absolute atomic E-state index is 14.0. The largest absolute Gasteiger partial charge is 0.487 e. The standard InChI is InChI=1S/C26H31F2N5O3/c1-26(2,34)13-18-12-21-22(14-29-18)32-25(24(31-21)30-17-7-10-35-15-17)33-8-5-19(6-9-33)36-23-4-3-16(27)11-20(23)28/h3-4,11-12,14,17,19,34H,5-10,13,15H2,1-2H3,(H,30,31). The van der Waals surface area contributed by atoms with Crippen molar-refractivity contribution in [1.82, 2.24) is 15.0 Å². The fourth-order valence-corrected chi connectivity index (χ4v) is 4.63. The molecule has 3 aromatic rings. The highest BCUT2D eigenvalue weighted by Crippen LogP contribution is 2.31. The number of pyridine rings is 1. The molecule has 0 spiro atoms. The minimum absolute atomic E-state index is 0.0665. The summed E-state index contributed by atoms with van der Waals surface area (Å²) in [6, 6.07) is 5.38. The van der Waals surface area contributed by atoms with E-state index in [0.717, 1.165) is 24.0 Å². The first kappa shape index (κ1) is 24.6. The van der Waals surface area contributed by atoms with Gasteiger partial charge in [-0.3, -0.25) is 4.98 Å². The number of piperidine rings is 1. The molecule has 1 atom stereocenters. The molecule has 8 nitrogen and oxygen atoms in total. The summed E-state index contributed by atoms with van der Waals surface area (Å²) in [4.78, 5) is 16.4. The number of benzene rings is 1. The van der Waals surface area contributed by atoms with Gasteiger partial charge >= 0.3 is 0 Å². The van der Waals surface area contributed by atoms with E-state index in [2.05, 4.69) is 15.2 Å². The molecule has 0 amide bonds. The molecule has 2 N–H and O–H groups in total. The van der Waals surface area contributed by atoms with Gasteiger partial charge in [0.1, 0.15) is 17.4 Å². The van der Waals surface area contributed by atoms with Gasteiger partial charge in [0.2, 0.25) is 0 Å². The highest BCUT2D eigenvalue weighted by atomic mass is 19.1. The van der Waals surface area contributed by atoms with E-state index < -0.39 is 17.2 Å². The van der Waals surface area contributed by atoms with Gasteiger partial charge in [0.05, 0.1) is 30.0 Å². The van der Waals surface area contributed by atoms with Crippen molar-refractivity contribution in [3.63, 3.8) is 0 Å². The minimum atomic E-state index is -0.875. The number of hydrogen-bond donors (Lipinski definition) is 2. The summed E-state index contributed by atoms with van der Waals surface area (Å²) in [5.41, 5.74) is 1.25. The molecule has 2 saturated heterocycles. The van der Waals surface area contributed by atoms with Crippen molar-refractivity contribution >= 4 is 22.7 Å². The van der Waals surface area contributed by atoms with Gasteiger partial charge in [-0.15, -0.1) is 0 Å². The molecule has 36 heavy (non-hydrogen) atoms. The van der Waals surface area contributed by atoms with Crippen molar-refractivity contribution in [2.45, 2.75) is 57.3 Å². The molecule has 0 radical (unpaired) electrons.